The molecular formula is C12H14O2. The first-order valence-electron chi connectivity index (χ1n) is 4.50. The summed E-state index contributed by atoms with van der Waals surface area (Å²) >= 11 is 0. The van der Waals surface area contributed by atoms with Gasteiger partial charge in [0.25, 0.3) is 0 Å². The van der Waals surface area contributed by atoms with E-state index in [4.69, 9.17) is 11.2 Å². The average molecular weight is 190 g/mol. The van der Waals surface area contributed by atoms with Gasteiger partial charge in [-0.25, -0.2) is 0 Å². The van der Waals surface area contributed by atoms with Gasteiger partial charge in [0.2, 0.25) is 0 Å². The van der Waals surface area contributed by atoms with Gasteiger partial charge in [-0.15, -0.1) is 12.3 Å². The normalized spacial score (nSPS) is 11.8. The molecule has 0 aliphatic heterocycles. The van der Waals surface area contributed by atoms with Gasteiger partial charge in [0, 0.05) is 6.42 Å². The maximum atomic E-state index is 9.46. The quantitative estimate of drug-likeness (QED) is 0.731. The predicted molar refractivity (Wildman–Crippen MR) is 56.2 cm³/mol. The van der Waals surface area contributed by atoms with E-state index in [-0.39, 0.29) is 0 Å². The summed E-state index contributed by atoms with van der Waals surface area (Å²) in [4.78, 5) is 0. The molecule has 1 rings (SSSR count). The first-order valence-corrected chi connectivity index (χ1v) is 4.50. The molecule has 1 aromatic carbocycles. The molecule has 2 nitrogen and oxygen atoms in total. The summed E-state index contributed by atoms with van der Waals surface area (Å²) in [5.41, 5.74) is 1.06. The summed E-state index contributed by atoms with van der Waals surface area (Å²) < 4.78 is 5.03. The Hall–Kier alpha value is -1.46. The highest BCUT2D eigenvalue weighted by Crippen LogP contribution is 2.13. The first kappa shape index (κ1) is 10.6. The van der Waals surface area contributed by atoms with E-state index in [1.807, 2.05) is 24.3 Å². The minimum Gasteiger partial charge on any atom is -0.497 e. The molecule has 0 fully saturated rings. The molecule has 2 heteroatoms. The number of aliphatic hydroxyl groups excluding tert-OH is 1. The molecule has 0 aromatic heterocycles. The van der Waals surface area contributed by atoms with Gasteiger partial charge in [-0.1, -0.05) is 12.1 Å². The fourth-order valence-electron chi connectivity index (χ4n) is 1.24. The van der Waals surface area contributed by atoms with E-state index in [9.17, 15) is 5.11 Å². The maximum Gasteiger partial charge on any atom is 0.118 e. The predicted octanol–water partition coefficient (Wildman–Crippen LogP) is 1.62. The van der Waals surface area contributed by atoms with E-state index >= 15 is 0 Å². The number of benzene rings is 1. The fraction of sp³-hybridized carbons (Fsp3) is 0.333. The SMILES string of the molecule is C#CCC(O)Cc1ccc(OC)cc1. The van der Waals surface area contributed by atoms with Crippen LogP contribution in [-0.4, -0.2) is 18.3 Å². The van der Waals surface area contributed by atoms with Crippen molar-refractivity contribution < 1.29 is 9.84 Å². The third kappa shape index (κ3) is 3.12. The number of methoxy groups -OCH3 is 1. The lowest BCUT2D eigenvalue weighted by Crippen LogP contribution is -2.08. The third-order valence-corrected chi connectivity index (χ3v) is 1.98. The zero-order valence-corrected chi connectivity index (χ0v) is 8.23. The van der Waals surface area contributed by atoms with E-state index in [0.29, 0.717) is 12.8 Å². The molecule has 0 radical (unpaired) electrons. The van der Waals surface area contributed by atoms with Crippen LogP contribution in [0.5, 0.6) is 5.75 Å². The Morgan fingerprint density at radius 3 is 2.57 bits per heavy atom. The van der Waals surface area contributed by atoms with Crippen LogP contribution in [0.25, 0.3) is 0 Å². The van der Waals surface area contributed by atoms with E-state index in [1.54, 1.807) is 7.11 Å². The highest BCUT2D eigenvalue weighted by Gasteiger charge is 2.03. The molecule has 1 N–H and O–H groups in total. The largest absolute Gasteiger partial charge is 0.497 e. The number of hydrogen-bond donors (Lipinski definition) is 1. The topological polar surface area (TPSA) is 29.5 Å². The van der Waals surface area contributed by atoms with Crippen molar-refractivity contribution in [2.75, 3.05) is 7.11 Å². The van der Waals surface area contributed by atoms with Crippen molar-refractivity contribution in [3.63, 3.8) is 0 Å². The van der Waals surface area contributed by atoms with Gasteiger partial charge in [0.05, 0.1) is 13.2 Å². The van der Waals surface area contributed by atoms with Crippen molar-refractivity contribution >= 4 is 0 Å². The molecule has 14 heavy (non-hydrogen) atoms. The third-order valence-electron chi connectivity index (χ3n) is 1.98. The Labute approximate surface area is 84.5 Å². The Kier molecular flexibility index (Phi) is 4.03. The van der Waals surface area contributed by atoms with Gasteiger partial charge < -0.3 is 9.84 Å². The van der Waals surface area contributed by atoms with Crippen LogP contribution in [0.2, 0.25) is 0 Å². The Bertz CT molecular complexity index is 308. The van der Waals surface area contributed by atoms with E-state index in [1.165, 1.54) is 0 Å². The van der Waals surface area contributed by atoms with Crippen molar-refractivity contribution in [2.45, 2.75) is 18.9 Å². The van der Waals surface area contributed by atoms with Crippen LogP contribution in [0.15, 0.2) is 24.3 Å². The highest BCUT2D eigenvalue weighted by molar-refractivity contribution is 5.27. The van der Waals surface area contributed by atoms with Crippen molar-refractivity contribution in [3.05, 3.63) is 29.8 Å². The summed E-state index contributed by atoms with van der Waals surface area (Å²) in [5.74, 6) is 3.26. The van der Waals surface area contributed by atoms with Gasteiger partial charge in [-0.05, 0) is 24.1 Å². The Morgan fingerprint density at radius 2 is 2.07 bits per heavy atom. The highest BCUT2D eigenvalue weighted by atomic mass is 16.5. The monoisotopic (exact) mass is 190 g/mol. The number of aliphatic hydroxyl groups is 1. The molecule has 1 atom stereocenters. The summed E-state index contributed by atoms with van der Waals surface area (Å²) in [6.45, 7) is 0. The van der Waals surface area contributed by atoms with Gasteiger partial charge >= 0.3 is 0 Å². The first-order chi connectivity index (χ1) is 6.76. The van der Waals surface area contributed by atoms with Gasteiger partial charge in [0.1, 0.15) is 5.75 Å². The zero-order chi connectivity index (χ0) is 10.4. The van der Waals surface area contributed by atoms with E-state index in [2.05, 4.69) is 5.92 Å². The molecule has 0 spiro atoms. The fourth-order valence-corrected chi connectivity index (χ4v) is 1.24. The Morgan fingerprint density at radius 1 is 1.43 bits per heavy atom. The summed E-state index contributed by atoms with van der Waals surface area (Å²) in [6, 6.07) is 7.60. The van der Waals surface area contributed by atoms with Crippen LogP contribution < -0.4 is 4.74 Å². The molecule has 0 amide bonds. The average Bonchev–Trinajstić information content (AvgIpc) is 2.19. The van der Waals surface area contributed by atoms with Crippen molar-refractivity contribution in [2.24, 2.45) is 0 Å². The molecule has 1 aromatic rings. The Balaban J connectivity index is 2.56. The van der Waals surface area contributed by atoms with Crippen molar-refractivity contribution in [1.82, 2.24) is 0 Å². The van der Waals surface area contributed by atoms with Crippen LogP contribution in [-0.2, 0) is 6.42 Å². The second-order valence-electron chi connectivity index (χ2n) is 3.11. The van der Waals surface area contributed by atoms with Crippen LogP contribution >= 0.6 is 0 Å². The van der Waals surface area contributed by atoms with Gasteiger partial charge in [-0.3, -0.25) is 0 Å². The molecule has 0 saturated carbocycles. The molecule has 0 bridgehead atoms. The molecular weight excluding hydrogens is 176 g/mol. The lowest BCUT2D eigenvalue weighted by molar-refractivity contribution is 0.181. The van der Waals surface area contributed by atoms with Crippen LogP contribution in [0.3, 0.4) is 0 Å². The van der Waals surface area contributed by atoms with Crippen molar-refractivity contribution in [3.8, 4) is 18.1 Å². The molecule has 0 saturated heterocycles. The number of terminal acetylenes is 1. The van der Waals surface area contributed by atoms with E-state index in [0.717, 1.165) is 11.3 Å². The van der Waals surface area contributed by atoms with Crippen LogP contribution in [0.4, 0.5) is 0 Å². The van der Waals surface area contributed by atoms with Crippen LogP contribution in [0, 0.1) is 12.3 Å². The standard InChI is InChI=1S/C12H14O2/c1-3-4-11(13)9-10-5-7-12(14-2)8-6-10/h1,5-8,11,13H,4,9H2,2H3. The summed E-state index contributed by atoms with van der Waals surface area (Å²) in [7, 11) is 1.63. The van der Waals surface area contributed by atoms with Crippen molar-refractivity contribution in [1.29, 1.82) is 0 Å². The smallest absolute Gasteiger partial charge is 0.118 e. The summed E-state index contributed by atoms with van der Waals surface area (Å²) in [6.07, 6.45) is 5.63. The number of ether oxygens (including phenoxy) is 1. The number of hydrogen-bond acceptors (Lipinski definition) is 2. The van der Waals surface area contributed by atoms with Gasteiger partial charge in [-0.2, -0.15) is 0 Å². The van der Waals surface area contributed by atoms with Gasteiger partial charge in [0.15, 0.2) is 0 Å². The molecule has 1 unspecified atom stereocenters. The second-order valence-corrected chi connectivity index (χ2v) is 3.11. The number of rotatable bonds is 4. The minimum atomic E-state index is -0.451. The minimum absolute atomic E-state index is 0.395. The molecule has 0 aliphatic rings. The lowest BCUT2D eigenvalue weighted by Gasteiger charge is -2.07. The maximum absolute atomic E-state index is 9.46. The molecule has 0 heterocycles. The molecule has 0 aliphatic carbocycles. The molecule has 74 valence electrons. The van der Waals surface area contributed by atoms with Crippen LogP contribution in [0.1, 0.15) is 12.0 Å². The lowest BCUT2D eigenvalue weighted by atomic mass is 10.1. The van der Waals surface area contributed by atoms with E-state index < -0.39 is 6.10 Å². The zero-order valence-electron chi connectivity index (χ0n) is 8.23. The summed E-state index contributed by atoms with van der Waals surface area (Å²) in [5, 5.41) is 9.46. The second kappa shape index (κ2) is 5.31.